The third-order valence-corrected chi connectivity index (χ3v) is 3.79. The average molecular weight is 367 g/mol. The zero-order valence-electron chi connectivity index (χ0n) is 10.9. The number of ether oxygens (including phenoxy) is 1. The molecule has 3 rings (SSSR count). The molecule has 0 saturated heterocycles. The second kappa shape index (κ2) is 5.50. The summed E-state index contributed by atoms with van der Waals surface area (Å²) in [6, 6.07) is 10.4. The highest BCUT2D eigenvalue weighted by molar-refractivity contribution is 9.10. The van der Waals surface area contributed by atoms with Gasteiger partial charge in [-0.1, -0.05) is 27.5 Å². The van der Waals surface area contributed by atoms with E-state index < -0.39 is 5.97 Å². The number of carbonyl (C=O) groups excluding carboxylic acids is 1. The van der Waals surface area contributed by atoms with Gasteiger partial charge in [0.25, 0.3) is 0 Å². The number of halogens is 2. The van der Waals surface area contributed by atoms with Crippen LogP contribution < -0.4 is 0 Å². The Morgan fingerprint density at radius 3 is 2.86 bits per heavy atom. The van der Waals surface area contributed by atoms with Gasteiger partial charge in [-0.2, -0.15) is 0 Å². The lowest BCUT2D eigenvalue weighted by Crippen LogP contribution is -2.00. The highest BCUT2D eigenvalue weighted by Gasteiger charge is 2.14. The number of fused-ring (bicyclic) bond motifs is 1. The Morgan fingerprint density at radius 2 is 2.10 bits per heavy atom. The second-order valence-corrected chi connectivity index (χ2v) is 5.64. The first-order chi connectivity index (χ1) is 10.1. The molecule has 4 nitrogen and oxygen atoms in total. The molecule has 2 aromatic carbocycles. The van der Waals surface area contributed by atoms with Crippen molar-refractivity contribution in [2.75, 3.05) is 7.11 Å². The molecule has 0 aliphatic rings. The molecule has 21 heavy (non-hydrogen) atoms. The van der Waals surface area contributed by atoms with Crippen molar-refractivity contribution in [2.45, 2.75) is 0 Å². The van der Waals surface area contributed by atoms with Gasteiger partial charge in [-0.15, -0.1) is 0 Å². The average Bonchev–Trinajstić information content (AvgIpc) is 2.91. The molecule has 106 valence electrons. The minimum atomic E-state index is -0.415. The Morgan fingerprint density at radius 1 is 1.29 bits per heavy atom. The molecule has 0 unspecified atom stereocenters. The molecular formula is C15H9BrClNO3. The molecular weight excluding hydrogens is 358 g/mol. The summed E-state index contributed by atoms with van der Waals surface area (Å²) in [5.41, 5.74) is 2.25. The van der Waals surface area contributed by atoms with Gasteiger partial charge in [-0.25, -0.2) is 9.78 Å². The van der Waals surface area contributed by atoms with Crippen molar-refractivity contribution in [3.8, 4) is 11.5 Å². The van der Waals surface area contributed by atoms with Gasteiger partial charge in [-0.3, -0.25) is 0 Å². The van der Waals surface area contributed by atoms with E-state index >= 15 is 0 Å². The lowest BCUT2D eigenvalue weighted by atomic mass is 10.2. The Balaban J connectivity index is 2.13. The van der Waals surface area contributed by atoms with Crippen LogP contribution in [0, 0.1) is 0 Å². The predicted octanol–water partition coefficient (Wildman–Crippen LogP) is 4.70. The molecule has 0 N–H and O–H groups in total. The number of aromatic nitrogens is 1. The van der Waals surface area contributed by atoms with E-state index in [2.05, 4.69) is 25.7 Å². The van der Waals surface area contributed by atoms with Gasteiger partial charge in [0.1, 0.15) is 5.52 Å². The van der Waals surface area contributed by atoms with E-state index in [4.69, 9.17) is 16.0 Å². The summed E-state index contributed by atoms with van der Waals surface area (Å²) in [5.74, 6) is -0.0137. The van der Waals surface area contributed by atoms with Gasteiger partial charge in [0.15, 0.2) is 5.58 Å². The van der Waals surface area contributed by atoms with Crippen molar-refractivity contribution in [3.05, 3.63) is 51.5 Å². The maximum absolute atomic E-state index is 11.5. The van der Waals surface area contributed by atoms with Crippen LogP contribution in [0.15, 0.2) is 45.3 Å². The summed E-state index contributed by atoms with van der Waals surface area (Å²) in [6.45, 7) is 0. The fraction of sp³-hybridized carbons (Fsp3) is 0.0667. The van der Waals surface area contributed by atoms with Crippen LogP contribution >= 0.6 is 27.5 Å². The monoisotopic (exact) mass is 365 g/mol. The van der Waals surface area contributed by atoms with Crippen LogP contribution in [0.1, 0.15) is 10.4 Å². The minimum Gasteiger partial charge on any atom is -0.465 e. The first kappa shape index (κ1) is 14.1. The third kappa shape index (κ3) is 2.66. The number of hydrogen-bond donors (Lipinski definition) is 0. The fourth-order valence-electron chi connectivity index (χ4n) is 1.95. The smallest absolute Gasteiger partial charge is 0.337 e. The minimum absolute atomic E-state index is 0.401. The summed E-state index contributed by atoms with van der Waals surface area (Å²) in [6.07, 6.45) is 0. The number of rotatable bonds is 2. The van der Waals surface area contributed by atoms with Crippen LogP contribution in [0.4, 0.5) is 0 Å². The standard InChI is InChI=1S/C15H9BrClNO3/c1-20-15(19)8-2-5-13-12(6-8)18-14(21-13)10-7-9(16)3-4-11(10)17/h2-7H,1H3. The number of methoxy groups -OCH3 is 1. The van der Waals surface area contributed by atoms with Gasteiger partial charge in [0.2, 0.25) is 5.89 Å². The third-order valence-electron chi connectivity index (χ3n) is 2.97. The molecule has 1 heterocycles. The van der Waals surface area contributed by atoms with Crippen molar-refractivity contribution in [2.24, 2.45) is 0 Å². The quantitative estimate of drug-likeness (QED) is 0.617. The van der Waals surface area contributed by atoms with Crippen molar-refractivity contribution >= 4 is 44.6 Å². The lowest BCUT2D eigenvalue weighted by Gasteiger charge is -1.99. The molecule has 0 saturated carbocycles. The number of nitrogens with zero attached hydrogens (tertiary/aromatic N) is 1. The van der Waals surface area contributed by atoms with Gasteiger partial charge >= 0.3 is 5.97 Å². The van der Waals surface area contributed by atoms with Crippen LogP contribution in [0.25, 0.3) is 22.6 Å². The van der Waals surface area contributed by atoms with E-state index in [1.165, 1.54) is 7.11 Å². The van der Waals surface area contributed by atoms with Gasteiger partial charge in [0.05, 0.1) is 23.3 Å². The van der Waals surface area contributed by atoms with Crippen LogP contribution in [-0.2, 0) is 4.74 Å². The van der Waals surface area contributed by atoms with Crippen molar-refractivity contribution in [1.29, 1.82) is 0 Å². The molecule has 0 amide bonds. The molecule has 0 spiro atoms. The van der Waals surface area contributed by atoms with Gasteiger partial charge < -0.3 is 9.15 Å². The summed E-state index contributed by atoms with van der Waals surface area (Å²) in [4.78, 5) is 15.9. The number of hydrogen-bond acceptors (Lipinski definition) is 4. The Bertz CT molecular complexity index is 844. The number of carbonyl (C=O) groups is 1. The SMILES string of the molecule is COC(=O)c1ccc2oc(-c3cc(Br)ccc3Cl)nc2c1. The molecule has 3 aromatic rings. The number of esters is 1. The van der Waals surface area contributed by atoms with Gasteiger partial charge in [0, 0.05) is 4.47 Å². The Hall–Kier alpha value is -1.85. The molecule has 1 aromatic heterocycles. The van der Waals surface area contributed by atoms with Gasteiger partial charge in [-0.05, 0) is 36.4 Å². The predicted molar refractivity (Wildman–Crippen MR) is 83.5 cm³/mol. The molecule has 0 bridgehead atoms. The summed E-state index contributed by atoms with van der Waals surface area (Å²) >= 11 is 9.56. The zero-order chi connectivity index (χ0) is 15.0. The molecule has 6 heteroatoms. The molecule has 0 fully saturated rings. The Kier molecular flexibility index (Phi) is 3.69. The van der Waals surface area contributed by atoms with Crippen LogP contribution in [-0.4, -0.2) is 18.1 Å². The van der Waals surface area contributed by atoms with E-state index in [9.17, 15) is 4.79 Å². The highest BCUT2D eigenvalue weighted by Crippen LogP contribution is 2.32. The zero-order valence-corrected chi connectivity index (χ0v) is 13.2. The Labute approximate surface area is 133 Å². The van der Waals surface area contributed by atoms with E-state index in [-0.39, 0.29) is 0 Å². The summed E-state index contributed by atoms with van der Waals surface area (Å²) in [7, 11) is 1.34. The van der Waals surface area contributed by atoms with E-state index in [1.54, 1.807) is 24.3 Å². The van der Waals surface area contributed by atoms with E-state index in [1.807, 2.05) is 12.1 Å². The first-order valence-corrected chi connectivity index (χ1v) is 7.20. The molecule has 0 aliphatic carbocycles. The highest BCUT2D eigenvalue weighted by atomic mass is 79.9. The second-order valence-electron chi connectivity index (χ2n) is 4.32. The molecule has 0 radical (unpaired) electrons. The molecule has 0 aliphatic heterocycles. The summed E-state index contributed by atoms with van der Waals surface area (Å²) < 4.78 is 11.3. The number of oxazole rings is 1. The molecule has 0 atom stereocenters. The van der Waals surface area contributed by atoms with Crippen LogP contribution in [0.3, 0.4) is 0 Å². The summed E-state index contributed by atoms with van der Waals surface area (Å²) in [5, 5.41) is 0.540. The topological polar surface area (TPSA) is 52.3 Å². The first-order valence-electron chi connectivity index (χ1n) is 6.03. The van der Waals surface area contributed by atoms with E-state index in [0.29, 0.717) is 33.1 Å². The van der Waals surface area contributed by atoms with E-state index in [0.717, 1.165) is 4.47 Å². The normalized spacial score (nSPS) is 10.8. The largest absolute Gasteiger partial charge is 0.465 e. The van der Waals surface area contributed by atoms with Crippen molar-refractivity contribution in [1.82, 2.24) is 4.98 Å². The van der Waals surface area contributed by atoms with Crippen molar-refractivity contribution < 1.29 is 13.9 Å². The lowest BCUT2D eigenvalue weighted by molar-refractivity contribution is 0.0601. The van der Waals surface area contributed by atoms with Crippen LogP contribution in [0.2, 0.25) is 5.02 Å². The van der Waals surface area contributed by atoms with Crippen molar-refractivity contribution in [3.63, 3.8) is 0 Å². The van der Waals surface area contributed by atoms with Crippen LogP contribution in [0.5, 0.6) is 0 Å². The fourth-order valence-corrected chi connectivity index (χ4v) is 2.51. The maximum atomic E-state index is 11.5. The maximum Gasteiger partial charge on any atom is 0.337 e. The number of benzene rings is 2.